The molecule has 0 bridgehead atoms. The maximum atomic E-state index is 11.6. The van der Waals surface area contributed by atoms with Crippen LogP contribution in [0.3, 0.4) is 0 Å². The van der Waals surface area contributed by atoms with Crippen molar-refractivity contribution in [3.8, 4) is 0 Å². The van der Waals surface area contributed by atoms with Crippen molar-refractivity contribution in [3.05, 3.63) is 10.8 Å². The summed E-state index contributed by atoms with van der Waals surface area (Å²) in [7, 11) is 0. The fourth-order valence-corrected chi connectivity index (χ4v) is 1.28. The second-order valence-electron chi connectivity index (χ2n) is 2.59. The molecule has 0 heterocycles. The lowest BCUT2D eigenvalue weighted by Gasteiger charge is -2.09. The van der Waals surface area contributed by atoms with Gasteiger partial charge in [0.05, 0.1) is 5.03 Å². The summed E-state index contributed by atoms with van der Waals surface area (Å²) < 4.78 is 39.4. The Hall–Kier alpha value is -0.380. The highest BCUT2D eigenvalue weighted by molar-refractivity contribution is 6.30. The zero-order valence-corrected chi connectivity index (χ0v) is 7.00. The first kappa shape index (κ1) is 9.71. The Labute approximate surface area is 73.1 Å². The summed E-state index contributed by atoms with van der Waals surface area (Å²) in [5, 5.41) is 0.430. The molecule has 0 saturated heterocycles. The molecule has 0 N–H and O–H groups in total. The summed E-state index contributed by atoms with van der Waals surface area (Å²) in [4.78, 5) is 0. The number of halogens is 4. The molecule has 0 unspecified atom stereocenters. The van der Waals surface area contributed by atoms with Crippen LogP contribution in [0.25, 0.3) is 0 Å². The average molecular weight is 201 g/mol. The van der Waals surface area contributed by atoms with Crippen LogP contribution < -0.4 is 0 Å². The maximum absolute atomic E-state index is 11.6. The van der Waals surface area contributed by atoms with Gasteiger partial charge in [0, 0.05) is 6.42 Å². The minimum atomic E-state index is -4.27. The molecule has 5 heteroatoms. The molecule has 0 atom stereocenters. The summed E-state index contributed by atoms with van der Waals surface area (Å²) in [6, 6.07) is 0. The lowest BCUT2D eigenvalue weighted by atomic mass is 10.4. The highest BCUT2D eigenvalue weighted by Crippen LogP contribution is 2.30. The van der Waals surface area contributed by atoms with Gasteiger partial charge in [-0.25, -0.2) is 0 Å². The first-order valence-corrected chi connectivity index (χ1v) is 3.94. The van der Waals surface area contributed by atoms with Crippen molar-refractivity contribution in [3.63, 3.8) is 0 Å². The Bertz CT molecular complexity index is 197. The molecule has 70 valence electrons. The molecule has 0 aliphatic heterocycles. The molecule has 0 aromatic heterocycles. The molecule has 0 saturated carbocycles. The Morgan fingerprint density at radius 3 is 2.42 bits per heavy atom. The molecule has 1 aliphatic rings. The van der Waals surface area contributed by atoms with Gasteiger partial charge in [-0.1, -0.05) is 11.6 Å². The van der Waals surface area contributed by atoms with E-state index < -0.39 is 12.8 Å². The second-order valence-corrected chi connectivity index (χ2v) is 3.04. The quantitative estimate of drug-likeness (QED) is 0.665. The van der Waals surface area contributed by atoms with Crippen LogP contribution in [0.15, 0.2) is 10.8 Å². The zero-order chi connectivity index (χ0) is 9.19. The molecule has 0 radical (unpaired) electrons. The van der Waals surface area contributed by atoms with E-state index in [2.05, 4.69) is 4.74 Å². The predicted molar refractivity (Wildman–Crippen MR) is 38.7 cm³/mol. The van der Waals surface area contributed by atoms with E-state index in [4.69, 9.17) is 11.6 Å². The Morgan fingerprint density at radius 1 is 1.33 bits per heavy atom. The third-order valence-corrected chi connectivity index (χ3v) is 1.91. The molecule has 0 spiro atoms. The fraction of sp³-hybridized carbons (Fsp3) is 0.714. The normalized spacial score (nSPS) is 18.7. The Morgan fingerprint density at radius 2 is 2.00 bits per heavy atom. The SMILES string of the molecule is FC(F)(F)COC1=C(Cl)CCC1. The van der Waals surface area contributed by atoms with Crippen molar-refractivity contribution in [2.24, 2.45) is 0 Å². The van der Waals surface area contributed by atoms with Crippen LogP contribution in [0.2, 0.25) is 0 Å². The van der Waals surface area contributed by atoms with Crippen LogP contribution in [-0.2, 0) is 4.74 Å². The van der Waals surface area contributed by atoms with Gasteiger partial charge in [0.25, 0.3) is 0 Å². The second kappa shape index (κ2) is 3.56. The van der Waals surface area contributed by atoms with Crippen LogP contribution in [0.1, 0.15) is 19.3 Å². The average Bonchev–Trinajstić information content (AvgIpc) is 2.29. The fourth-order valence-electron chi connectivity index (χ4n) is 0.999. The van der Waals surface area contributed by atoms with E-state index in [9.17, 15) is 13.2 Å². The van der Waals surface area contributed by atoms with Crippen LogP contribution in [0.5, 0.6) is 0 Å². The van der Waals surface area contributed by atoms with E-state index in [1.54, 1.807) is 0 Å². The van der Waals surface area contributed by atoms with Crippen molar-refractivity contribution in [1.29, 1.82) is 0 Å². The van der Waals surface area contributed by atoms with Crippen LogP contribution in [-0.4, -0.2) is 12.8 Å². The van der Waals surface area contributed by atoms with E-state index in [1.165, 1.54) is 0 Å². The topological polar surface area (TPSA) is 9.23 Å². The maximum Gasteiger partial charge on any atom is 0.422 e. The molecule has 0 fully saturated rings. The lowest BCUT2D eigenvalue weighted by molar-refractivity contribution is -0.165. The summed E-state index contributed by atoms with van der Waals surface area (Å²) >= 11 is 5.59. The predicted octanol–water partition coefficient (Wildman–Crippen LogP) is 3.20. The van der Waals surface area contributed by atoms with Gasteiger partial charge in [-0.3, -0.25) is 0 Å². The number of hydrogen-bond acceptors (Lipinski definition) is 1. The third-order valence-electron chi connectivity index (χ3n) is 1.51. The standard InChI is InChI=1S/C7H8ClF3O/c8-5-2-1-3-6(5)12-4-7(9,10)11/h1-4H2. The number of allylic oxidation sites excluding steroid dienone is 2. The third kappa shape index (κ3) is 2.93. The lowest BCUT2D eigenvalue weighted by Crippen LogP contribution is -2.16. The van der Waals surface area contributed by atoms with Gasteiger partial charge in [0.2, 0.25) is 0 Å². The summed E-state index contributed by atoms with van der Waals surface area (Å²) in [5.74, 6) is 0.300. The van der Waals surface area contributed by atoms with E-state index in [0.29, 0.717) is 23.6 Å². The van der Waals surface area contributed by atoms with Gasteiger partial charge in [-0.05, 0) is 12.8 Å². The molecule has 0 aromatic carbocycles. The number of rotatable bonds is 2. The van der Waals surface area contributed by atoms with Crippen LogP contribution in [0.4, 0.5) is 13.2 Å². The van der Waals surface area contributed by atoms with Crippen molar-refractivity contribution >= 4 is 11.6 Å². The van der Waals surface area contributed by atoms with E-state index in [1.807, 2.05) is 0 Å². The molecule has 1 rings (SSSR count). The number of ether oxygens (including phenoxy) is 1. The monoisotopic (exact) mass is 200 g/mol. The minimum absolute atomic E-state index is 0.300. The number of hydrogen-bond donors (Lipinski definition) is 0. The molecular weight excluding hydrogens is 193 g/mol. The molecule has 1 aliphatic carbocycles. The van der Waals surface area contributed by atoms with E-state index in [-0.39, 0.29) is 0 Å². The first-order valence-electron chi connectivity index (χ1n) is 3.56. The van der Waals surface area contributed by atoms with Crippen LogP contribution in [0, 0.1) is 0 Å². The number of alkyl halides is 3. The highest BCUT2D eigenvalue weighted by atomic mass is 35.5. The van der Waals surface area contributed by atoms with Crippen LogP contribution >= 0.6 is 11.6 Å². The van der Waals surface area contributed by atoms with Crippen molar-refractivity contribution in [2.75, 3.05) is 6.61 Å². The van der Waals surface area contributed by atoms with Crippen molar-refractivity contribution < 1.29 is 17.9 Å². The Balaban J connectivity index is 2.37. The summed E-state index contributed by atoms with van der Waals surface area (Å²) in [5.41, 5.74) is 0. The van der Waals surface area contributed by atoms with Gasteiger partial charge < -0.3 is 4.74 Å². The highest BCUT2D eigenvalue weighted by Gasteiger charge is 2.29. The molecule has 0 amide bonds. The minimum Gasteiger partial charge on any atom is -0.487 e. The smallest absolute Gasteiger partial charge is 0.422 e. The van der Waals surface area contributed by atoms with Crippen molar-refractivity contribution in [1.82, 2.24) is 0 Å². The first-order chi connectivity index (χ1) is 5.49. The summed E-state index contributed by atoms with van der Waals surface area (Å²) in [6.07, 6.45) is -2.33. The van der Waals surface area contributed by atoms with E-state index in [0.717, 1.165) is 6.42 Å². The Kier molecular flexibility index (Phi) is 2.88. The van der Waals surface area contributed by atoms with Gasteiger partial charge >= 0.3 is 6.18 Å². The molecule has 12 heavy (non-hydrogen) atoms. The molecule has 1 nitrogen and oxygen atoms in total. The van der Waals surface area contributed by atoms with Crippen molar-refractivity contribution in [2.45, 2.75) is 25.4 Å². The molecular formula is C7H8ClF3O. The van der Waals surface area contributed by atoms with Gasteiger partial charge in [0.15, 0.2) is 6.61 Å². The zero-order valence-electron chi connectivity index (χ0n) is 6.25. The van der Waals surface area contributed by atoms with Gasteiger partial charge in [-0.2, -0.15) is 13.2 Å². The van der Waals surface area contributed by atoms with Gasteiger partial charge in [-0.15, -0.1) is 0 Å². The molecule has 0 aromatic rings. The summed E-state index contributed by atoms with van der Waals surface area (Å²) in [6.45, 7) is -1.24. The van der Waals surface area contributed by atoms with Gasteiger partial charge in [0.1, 0.15) is 5.76 Å². The largest absolute Gasteiger partial charge is 0.487 e. The van der Waals surface area contributed by atoms with E-state index >= 15 is 0 Å².